The molecule has 0 aliphatic heterocycles. The standard InChI is InChI=1S/C19H23FN4O2S/c1-3-19(9-10-21,14-7-5-4-6-8-14)24-18-12-15(20)11-17(16(18)13-22-24)23-27(2,25)26/h4-8,11-13,23H,3,9-10,21H2,1-2H3. The molecule has 3 aromatic rings. The molecule has 0 aliphatic carbocycles. The Bertz CT molecular complexity index is 1050. The summed E-state index contributed by atoms with van der Waals surface area (Å²) in [5.41, 5.74) is 7.06. The quantitative estimate of drug-likeness (QED) is 0.649. The zero-order valence-corrected chi connectivity index (χ0v) is 16.1. The minimum absolute atomic E-state index is 0.171. The number of fused-ring (bicyclic) bond motifs is 1. The molecule has 1 atom stereocenters. The van der Waals surface area contributed by atoms with E-state index in [-0.39, 0.29) is 5.69 Å². The Morgan fingerprint density at radius 1 is 1.26 bits per heavy atom. The van der Waals surface area contributed by atoms with Gasteiger partial charge in [0.2, 0.25) is 10.0 Å². The van der Waals surface area contributed by atoms with E-state index >= 15 is 0 Å². The van der Waals surface area contributed by atoms with E-state index < -0.39 is 21.4 Å². The second kappa shape index (κ2) is 7.28. The molecule has 2 aromatic carbocycles. The maximum atomic E-state index is 14.3. The van der Waals surface area contributed by atoms with E-state index in [1.54, 1.807) is 10.9 Å². The van der Waals surface area contributed by atoms with Crippen molar-refractivity contribution in [3.05, 3.63) is 60.0 Å². The summed E-state index contributed by atoms with van der Waals surface area (Å²) in [6, 6.07) is 12.4. The number of benzene rings is 2. The first-order valence-corrected chi connectivity index (χ1v) is 10.6. The van der Waals surface area contributed by atoms with Gasteiger partial charge in [-0.1, -0.05) is 37.3 Å². The van der Waals surface area contributed by atoms with E-state index in [0.29, 0.717) is 30.3 Å². The van der Waals surface area contributed by atoms with Gasteiger partial charge >= 0.3 is 0 Å². The lowest BCUT2D eigenvalue weighted by Gasteiger charge is -2.34. The number of nitrogens with two attached hydrogens (primary N) is 1. The third-order valence-electron chi connectivity index (χ3n) is 4.81. The van der Waals surface area contributed by atoms with Crippen LogP contribution in [0.2, 0.25) is 0 Å². The molecule has 27 heavy (non-hydrogen) atoms. The van der Waals surface area contributed by atoms with Gasteiger partial charge in [-0.2, -0.15) is 5.10 Å². The predicted octanol–water partition coefficient (Wildman–Crippen LogP) is 3.05. The first-order valence-electron chi connectivity index (χ1n) is 8.72. The van der Waals surface area contributed by atoms with Crippen molar-refractivity contribution < 1.29 is 12.8 Å². The lowest BCUT2D eigenvalue weighted by Crippen LogP contribution is -2.37. The average Bonchev–Trinajstić information content (AvgIpc) is 3.03. The van der Waals surface area contributed by atoms with E-state index in [2.05, 4.69) is 9.82 Å². The molecule has 0 radical (unpaired) electrons. The maximum absolute atomic E-state index is 14.3. The molecule has 3 rings (SSSR count). The molecule has 1 unspecified atom stereocenters. The van der Waals surface area contributed by atoms with E-state index in [9.17, 15) is 12.8 Å². The summed E-state index contributed by atoms with van der Waals surface area (Å²) in [7, 11) is -3.55. The van der Waals surface area contributed by atoms with Crippen molar-refractivity contribution in [1.29, 1.82) is 0 Å². The van der Waals surface area contributed by atoms with Crippen LogP contribution in [0, 0.1) is 5.82 Å². The van der Waals surface area contributed by atoms with Crippen LogP contribution >= 0.6 is 0 Å². The van der Waals surface area contributed by atoms with Gasteiger partial charge in [-0.25, -0.2) is 12.8 Å². The Hall–Kier alpha value is -2.45. The largest absolute Gasteiger partial charge is 0.330 e. The number of nitrogens with one attached hydrogen (secondary N) is 1. The molecule has 0 spiro atoms. The van der Waals surface area contributed by atoms with Gasteiger partial charge in [0.1, 0.15) is 5.82 Å². The van der Waals surface area contributed by atoms with Gasteiger partial charge in [0.15, 0.2) is 0 Å². The SMILES string of the molecule is CCC(CCN)(c1ccccc1)n1ncc2c(NS(C)(=O)=O)cc(F)cc21. The van der Waals surface area contributed by atoms with E-state index in [1.165, 1.54) is 6.07 Å². The smallest absolute Gasteiger partial charge is 0.229 e. The molecule has 144 valence electrons. The van der Waals surface area contributed by atoms with Crippen molar-refractivity contribution in [1.82, 2.24) is 9.78 Å². The number of sulfonamides is 1. The molecule has 0 bridgehead atoms. The molecule has 1 aromatic heterocycles. The molecular formula is C19H23FN4O2S. The van der Waals surface area contributed by atoms with Crippen molar-refractivity contribution >= 4 is 26.6 Å². The average molecular weight is 390 g/mol. The van der Waals surface area contributed by atoms with E-state index in [0.717, 1.165) is 17.9 Å². The summed E-state index contributed by atoms with van der Waals surface area (Å²) in [6.07, 6.45) is 3.89. The van der Waals surface area contributed by atoms with Gasteiger partial charge in [0.05, 0.1) is 29.2 Å². The molecule has 0 aliphatic rings. The van der Waals surface area contributed by atoms with Crippen LogP contribution in [0.4, 0.5) is 10.1 Å². The summed E-state index contributed by atoms with van der Waals surface area (Å²) in [6.45, 7) is 2.46. The van der Waals surface area contributed by atoms with Crippen LogP contribution in [0.1, 0.15) is 25.3 Å². The summed E-state index contributed by atoms with van der Waals surface area (Å²) < 4.78 is 41.8. The highest BCUT2D eigenvalue weighted by atomic mass is 32.2. The van der Waals surface area contributed by atoms with Crippen molar-refractivity contribution in [3.63, 3.8) is 0 Å². The third kappa shape index (κ3) is 3.68. The molecule has 1 heterocycles. The number of halogens is 1. The maximum Gasteiger partial charge on any atom is 0.229 e. The van der Waals surface area contributed by atoms with E-state index in [1.807, 2.05) is 37.3 Å². The number of hydrogen-bond acceptors (Lipinski definition) is 4. The second-order valence-electron chi connectivity index (χ2n) is 6.61. The third-order valence-corrected chi connectivity index (χ3v) is 5.40. The molecule has 3 N–H and O–H groups in total. The zero-order chi connectivity index (χ0) is 19.7. The van der Waals surface area contributed by atoms with Gasteiger partial charge in [0.25, 0.3) is 0 Å². The van der Waals surface area contributed by atoms with Gasteiger partial charge in [-0.05, 0) is 37.1 Å². The Labute approximate surface area is 158 Å². The topological polar surface area (TPSA) is 90.0 Å². The minimum Gasteiger partial charge on any atom is -0.330 e. The van der Waals surface area contributed by atoms with Crippen molar-refractivity contribution in [2.24, 2.45) is 5.73 Å². The van der Waals surface area contributed by atoms with Crippen LogP contribution in [-0.2, 0) is 15.6 Å². The fraction of sp³-hybridized carbons (Fsp3) is 0.316. The van der Waals surface area contributed by atoms with Crippen LogP contribution in [0.15, 0.2) is 48.7 Å². The molecule has 8 heteroatoms. The lowest BCUT2D eigenvalue weighted by atomic mass is 9.84. The first-order chi connectivity index (χ1) is 12.8. The summed E-state index contributed by atoms with van der Waals surface area (Å²) in [5, 5.41) is 5.06. The van der Waals surface area contributed by atoms with E-state index in [4.69, 9.17) is 5.73 Å². The highest BCUT2D eigenvalue weighted by Gasteiger charge is 2.34. The summed E-state index contributed by atoms with van der Waals surface area (Å²) in [5.74, 6) is -0.541. The first kappa shape index (κ1) is 19.3. The molecule has 0 amide bonds. The van der Waals surface area contributed by atoms with Crippen LogP contribution in [0.5, 0.6) is 0 Å². The monoisotopic (exact) mass is 390 g/mol. The van der Waals surface area contributed by atoms with Crippen molar-refractivity contribution in [2.45, 2.75) is 25.3 Å². The minimum atomic E-state index is -3.55. The highest BCUT2D eigenvalue weighted by Crippen LogP contribution is 2.37. The summed E-state index contributed by atoms with van der Waals surface area (Å²) >= 11 is 0. The Morgan fingerprint density at radius 2 is 1.96 bits per heavy atom. The van der Waals surface area contributed by atoms with Crippen LogP contribution in [0.25, 0.3) is 10.9 Å². The second-order valence-corrected chi connectivity index (χ2v) is 8.36. The lowest BCUT2D eigenvalue weighted by molar-refractivity contribution is 0.299. The number of rotatable bonds is 7. The number of anilines is 1. The van der Waals surface area contributed by atoms with Gasteiger partial charge in [0, 0.05) is 5.39 Å². The Kier molecular flexibility index (Phi) is 5.21. The highest BCUT2D eigenvalue weighted by molar-refractivity contribution is 7.92. The fourth-order valence-corrected chi connectivity index (χ4v) is 4.18. The van der Waals surface area contributed by atoms with Crippen LogP contribution in [0.3, 0.4) is 0 Å². The van der Waals surface area contributed by atoms with Crippen molar-refractivity contribution in [3.8, 4) is 0 Å². The molecule has 0 saturated heterocycles. The van der Waals surface area contributed by atoms with Crippen LogP contribution in [-0.4, -0.2) is 31.0 Å². The fourth-order valence-electron chi connectivity index (χ4n) is 3.61. The van der Waals surface area contributed by atoms with Gasteiger partial charge in [-0.15, -0.1) is 0 Å². The predicted molar refractivity (Wildman–Crippen MR) is 106 cm³/mol. The molecule has 0 saturated carbocycles. The number of aromatic nitrogens is 2. The zero-order valence-electron chi connectivity index (χ0n) is 15.3. The summed E-state index contributed by atoms with van der Waals surface area (Å²) in [4.78, 5) is 0. The Balaban J connectivity index is 2.28. The van der Waals surface area contributed by atoms with Gasteiger partial charge < -0.3 is 5.73 Å². The normalized spacial score (nSPS) is 14.2. The Morgan fingerprint density at radius 3 is 2.56 bits per heavy atom. The molecule has 6 nitrogen and oxygen atoms in total. The number of hydrogen-bond donors (Lipinski definition) is 2. The van der Waals surface area contributed by atoms with Crippen molar-refractivity contribution in [2.75, 3.05) is 17.5 Å². The van der Waals surface area contributed by atoms with Crippen LogP contribution < -0.4 is 10.5 Å². The molecular weight excluding hydrogens is 367 g/mol. The number of nitrogens with zero attached hydrogens (tertiary/aromatic N) is 2. The molecule has 0 fully saturated rings. The van der Waals surface area contributed by atoms with Gasteiger partial charge in [-0.3, -0.25) is 9.40 Å².